The molecule has 2 aromatic carbocycles. The Hall–Kier alpha value is -3.64. The van der Waals surface area contributed by atoms with Gasteiger partial charge in [-0.3, -0.25) is 19.5 Å². The van der Waals surface area contributed by atoms with Crippen molar-refractivity contribution in [2.24, 2.45) is 0 Å². The first-order valence-corrected chi connectivity index (χ1v) is 11.1. The maximum atomic E-state index is 13.2. The number of ketones is 1. The fourth-order valence-corrected chi connectivity index (χ4v) is 4.83. The van der Waals surface area contributed by atoms with E-state index in [1.807, 2.05) is 12.1 Å². The predicted octanol–water partition coefficient (Wildman–Crippen LogP) is 4.95. The molecule has 1 saturated heterocycles. The Bertz CT molecular complexity index is 1300. The molecular formula is C26H21ClN2O4. The summed E-state index contributed by atoms with van der Waals surface area (Å²) in [6.07, 6.45) is 7.21. The van der Waals surface area contributed by atoms with Crippen LogP contribution in [0.25, 0.3) is 5.76 Å². The van der Waals surface area contributed by atoms with Gasteiger partial charge >= 0.3 is 0 Å². The lowest BCUT2D eigenvalue weighted by Gasteiger charge is -2.26. The van der Waals surface area contributed by atoms with Gasteiger partial charge in [-0.15, -0.1) is 0 Å². The zero-order valence-corrected chi connectivity index (χ0v) is 18.4. The minimum atomic E-state index is -0.951. The second kappa shape index (κ2) is 8.37. The minimum absolute atomic E-state index is 0.0404. The molecule has 5 rings (SSSR count). The van der Waals surface area contributed by atoms with Crippen LogP contribution in [0, 0.1) is 0 Å². The number of carbonyl (C=O) groups excluding carboxylic acids is 2. The molecule has 3 aromatic rings. The summed E-state index contributed by atoms with van der Waals surface area (Å²) in [4.78, 5) is 31.6. The summed E-state index contributed by atoms with van der Waals surface area (Å²) in [7, 11) is 0. The zero-order chi connectivity index (χ0) is 23.1. The molecule has 1 aliphatic carbocycles. The summed E-state index contributed by atoms with van der Waals surface area (Å²) in [6.45, 7) is 0. The van der Waals surface area contributed by atoms with Crippen LogP contribution in [0.3, 0.4) is 0 Å². The van der Waals surface area contributed by atoms with E-state index in [2.05, 4.69) is 4.98 Å². The van der Waals surface area contributed by atoms with Gasteiger partial charge < -0.3 is 10.2 Å². The van der Waals surface area contributed by atoms with Crippen LogP contribution >= 0.6 is 11.6 Å². The van der Waals surface area contributed by atoms with Gasteiger partial charge in [-0.05, 0) is 78.8 Å². The summed E-state index contributed by atoms with van der Waals surface area (Å²) in [6, 6.07) is 12.3. The third-order valence-corrected chi connectivity index (χ3v) is 6.52. The lowest BCUT2D eigenvalue weighted by Crippen LogP contribution is -2.29. The summed E-state index contributed by atoms with van der Waals surface area (Å²) in [5, 5.41) is 22.1. The van der Waals surface area contributed by atoms with E-state index in [-0.39, 0.29) is 22.8 Å². The highest BCUT2D eigenvalue weighted by Gasteiger charge is 2.47. The average Bonchev–Trinajstić information content (AvgIpc) is 3.10. The number of aromatic nitrogens is 1. The Morgan fingerprint density at radius 3 is 2.45 bits per heavy atom. The maximum absolute atomic E-state index is 13.2. The van der Waals surface area contributed by atoms with Crippen molar-refractivity contribution in [1.82, 2.24) is 4.98 Å². The number of aliphatic hydroxyl groups excluding tert-OH is 1. The number of aliphatic hydroxyl groups is 1. The van der Waals surface area contributed by atoms with Gasteiger partial charge in [0.25, 0.3) is 11.7 Å². The number of amides is 1. The van der Waals surface area contributed by atoms with Gasteiger partial charge in [0.1, 0.15) is 11.5 Å². The van der Waals surface area contributed by atoms with Crippen molar-refractivity contribution in [3.05, 3.63) is 93.8 Å². The monoisotopic (exact) mass is 460 g/mol. The molecular weight excluding hydrogens is 440 g/mol. The lowest BCUT2D eigenvalue weighted by molar-refractivity contribution is -0.132. The van der Waals surface area contributed by atoms with Gasteiger partial charge in [0, 0.05) is 23.0 Å². The zero-order valence-electron chi connectivity index (χ0n) is 17.7. The van der Waals surface area contributed by atoms with Gasteiger partial charge in [0.2, 0.25) is 0 Å². The van der Waals surface area contributed by atoms with Crippen molar-refractivity contribution < 1.29 is 19.8 Å². The van der Waals surface area contributed by atoms with E-state index in [0.29, 0.717) is 16.1 Å². The molecule has 166 valence electrons. The molecule has 1 fully saturated rings. The second-order valence-corrected chi connectivity index (χ2v) is 8.71. The fourth-order valence-electron chi connectivity index (χ4n) is 4.67. The first-order chi connectivity index (χ1) is 16.0. The third kappa shape index (κ3) is 3.66. The maximum Gasteiger partial charge on any atom is 0.300 e. The summed E-state index contributed by atoms with van der Waals surface area (Å²) in [5.74, 6) is -2.12. The number of benzene rings is 2. The number of nitrogens with zero attached hydrogens (tertiary/aromatic N) is 2. The van der Waals surface area contributed by atoms with Crippen LogP contribution in [0.5, 0.6) is 5.75 Å². The average molecular weight is 461 g/mol. The molecule has 0 radical (unpaired) electrons. The molecule has 0 bridgehead atoms. The number of rotatable bonds is 3. The van der Waals surface area contributed by atoms with Gasteiger partial charge in [0.15, 0.2) is 0 Å². The highest BCUT2D eigenvalue weighted by molar-refractivity contribution is 6.52. The Balaban J connectivity index is 1.71. The van der Waals surface area contributed by atoms with Crippen molar-refractivity contribution >= 4 is 34.7 Å². The van der Waals surface area contributed by atoms with E-state index in [4.69, 9.17) is 11.6 Å². The van der Waals surface area contributed by atoms with Crippen molar-refractivity contribution in [3.63, 3.8) is 0 Å². The van der Waals surface area contributed by atoms with E-state index < -0.39 is 17.7 Å². The SMILES string of the molecule is O=C1C(=O)N(c2cc(Cl)ccc2O)C(c2ccncc2)/C1=C(/O)c1ccc2c(c1)CCCC2. The summed E-state index contributed by atoms with van der Waals surface area (Å²) >= 11 is 6.13. The number of aryl methyl sites for hydroxylation is 2. The molecule has 0 spiro atoms. The topological polar surface area (TPSA) is 90.7 Å². The first kappa shape index (κ1) is 21.2. The molecule has 2 heterocycles. The number of hydrogen-bond acceptors (Lipinski definition) is 5. The minimum Gasteiger partial charge on any atom is -0.507 e. The van der Waals surface area contributed by atoms with Crippen LogP contribution in [0.4, 0.5) is 5.69 Å². The van der Waals surface area contributed by atoms with E-state index >= 15 is 0 Å². The number of Topliss-reactive ketones (excluding diaryl/α,β-unsaturated/α-hetero) is 1. The summed E-state index contributed by atoms with van der Waals surface area (Å²) < 4.78 is 0. The molecule has 2 N–H and O–H groups in total. The van der Waals surface area contributed by atoms with E-state index in [9.17, 15) is 19.8 Å². The van der Waals surface area contributed by atoms with Gasteiger partial charge in [-0.2, -0.15) is 0 Å². The van der Waals surface area contributed by atoms with Crippen LogP contribution in [0.1, 0.15) is 41.1 Å². The number of aromatic hydroxyl groups is 1. The molecule has 1 atom stereocenters. The Morgan fingerprint density at radius 2 is 1.70 bits per heavy atom. The van der Waals surface area contributed by atoms with Crippen molar-refractivity contribution in [2.45, 2.75) is 31.7 Å². The van der Waals surface area contributed by atoms with Crippen LogP contribution in [-0.2, 0) is 22.4 Å². The Kier molecular flexibility index (Phi) is 5.38. The molecule has 6 nitrogen and oxygen atoms in total. The Labute approximate surface area is 195 Å². The van der Waals surface area contributed by atoms with Crippen molar-refractivity contribution in [2.75, 3.05) is 4.90 Å². The van der Waals surface area contributed by atoms with Crippen LogP contribution in [0.2, 0.25) is 5.02 Å². The number of phenolic OH excluding ortho intramolecular Hbond substituents is 1. The first-order valence-electron chi connectivity index (χ1n) is 10.8. The summed E-state index contributed by atoms with van der Waals surface area (Å²) in [5.41, 5.74) is 3.50. The molecule has 1 aromatic heterocycles. The second-order valence-electron chi connectivity index (χ2n) is 8.27. The number of pyridine rings is 1. The van der Waals surface area contributed by atoms with Gasteiger partial charge in [-0.25, -0.2) is 0 Å². The third-order valence-electron chi connectivity index (χ3n) is 6.29. The number of hydrogen-bond donors (Lipinski definition) is 2. The highest BCUT2D eigenvalue weighted by Crippen LogP contribution is 2.45. The lowest BCUT2D eigenvalue weighted by atomic mass is 9.89. The molecule has 1 amide bonds. The number of halogens is 1. The highest BCUT2D eigenvalue weighted by atomic mass is 35.5. The predicted molar refractivity (Wildman–Crippen MR) is 125 cm³/mol. The molecule has 7 heteroatoms. The molecule has 0 saturated carbocycles. The van der Waals surface area contributed by atoms with E-state index in [1.165, 1.54) is 28.7 Å². The van der Waals surface area contributed by atoms with E-state index in [1.54, 1.807) is 30.6 Å². The quantitative estimate of drug-likeness (QED) is 0.328. The Morgan fingerprint density at radius 1 is 0.970 bits per heavy atom. The number of carbonyl (C=O) groups is 2. The normalized spacial score (nSPS) is 19.5. The molecule has 2 aliphatic rings. The van der Waals surface area contributed by atoms with Crippen LogP contribution < -0.4 is 4.90 Å². The number of anilines is 1. The number of phenols is 1. The number of fused-ring (bicyclic) bond motifs is 1. The molecule has 1 unspecified atom stereocenters. The molecule has 33 heavy (non-hydrogen) atoms. The van der Waals surface area contributed by atoms with Gasteiger partial charge in [0.05, 0.1) is 17.3 Å². The fraction of sp³-hybridized carbons (Fsp3) is 0.192. The van der Waals surface area contributed by atoms with Crippen LogP contribution in [0.15, 0.2) is 66.5 Å². The van der Waals surface area contributed by atoms with Crippen LogP contribution in [-0.4, -0.2) is 26.9 Å². The van der Waals surface area contributed by atoms with Crippen molar-refractivity contribution in [1.29, 1.82) is 0 Å². The largest absolute Gasteiger partial charge is 0.507 e. The van der Waals surface area contributed by atoms with Crippen molar-refractivity contribution in [3.8, 4) is 5.75 Å². The standard InChI is InChI=1S/C26H21ClN2O4/c27-19-7-8-21(30)20(14-19)29-23(16-9-11-28-12-10-16)22(25(32)26(29)33)24(31)18-6-5-15-3-1-2-4-17(15)13-18/h5-14,23,30-31H,1-4H2/b24-22-. The van der Waals surface area contributed by atoms with E-state index in [0.717, 1.165) is 31.2 Å². The molecule has 1 aliphatic heterocycles. The van der Waals surface area contributed by atoms with Gasteiger partial charge in [-0.1, -0.05) is 23.7 Å². The smallest absolute Gasteiger partial charge is 0.300 e.